The van der Waals surface area contributed by atoms with Crippen molar-refractivity contribution >= 4 is 29.3 Å². The third kappa shape index (κ3) is 3.13. The van der Waals surface area contributed by atoms with Gasteiger partial charge in [-0.1, -0.05) is 30.3 Å². The number of fused-ring (bicyclic) bond motifs is 3. The molecule has 25 heavy (non-hydrogen) atoms. The molecular weight excluding hydrogens is 343 g/mol. The number of para-hydroxylation sites is 1. The minimum absolute atomic E-state index is 0. The minimum atomic E-state index is -0.823. The lowest BCUT2D eigenvalue weighted by molar-refractivity contribution is -0.139. The van der Waals surface area contributed by atoms with E-state index in [1.807, 2.05) is 24.3 Å². The number of nitrogens with zero attached hydrogens (tertiary/aromatic N) is 1. The zero-order valence-electron chi connectivity index (χ0n) is 13.4. The van der Waals surface area contributed by atoms with E-state index in [4.69, 9.17) is 0 Å². The van der Waals surface area contributed by atoms with Gasteiger partial charge < -0.3 is 9.67 Å². The maximum Gasteiger partial charge on any atom is 0.321 e. The summed E-state index contributed by atoms with van der Waals surface area (Å²) < 4.78 is 15.3. The van der Waals surface area contributed by atoms with E-state index in [1.165, 1.54) is 12.1 Å². The highest BCUT2D eigenvalue weighted by Crippen LogP contribution is 2.30. The molecule has 0 bridgehead atoms. The molecule has 4 rings (SSSR count). The highest BCUT2D eigenvalue weighted by Gasteiger charge is 2.28. The second-order valence-electron chi connectivity index (χ2n) is 6.13. The average Bonchev–Trinajstić information content (AvgIpc) is 2.90. The molecule has 2 aromatic carbocycles. The topological polar surface area (TPSA) is 54.3 Å². The lowest BCUT2D eigenvalue weighted by atomic mass is 9.98. The van der Waals surface area contributed by atoms with Gasteiger partial charge in [-0.2, -0.15) is 0 Å². The SMILES string of the molecule is Cl.O=C(O)C1Cc2c(n(Cc3ccc(F)cc3)c3ccccc23)CN1. The average molecular weight is 361 g/mol. The fraction of sp³-hybridized carbons (Fsp3) is 0.211. The van der Waals surface area contributed by atoms with Gasteiger partial charge in [-0.15, -0.1) is 12.4 Å². The number of carboxylic acids is 1. The van der Waals surface area contributed by atoms with Crippen LogP contribution in [0.3, 0.4) is 0 Å². The second-order valence-corrected chi connectivity index (χ2v) is 6.13. The molecule has 1 aliphatic heterocycles. The number of aromatic nitrogens is 1. The van der Waals surface area contributed by atoms with Crippen molar-refractivity contribution in [3.8, 4) is 0 Å². The van der Waals surface area contributed by atoms with Gasteiger partial charge in [-0.05, 0) is 29.3 Å². The maximum atomic E-state index is 13.1. The molecule has 0 fully saturated rings. The van der Waals surface area contributed by atoms with Crippen molar-refractivity contribution in [2.45, 2.75) is 25.6 Å². The van der Waals surface area contributed by atoms with Crippen molar-refractivity contribution in [1.29, 1.82) is 0 Å². The van der Waals surface area contributed by atoms with Crippen molar-refractivity contribution in [2.24, 2.45) is 0 Å². The van der Waals surface area contributed by atoms with Crippen LogP contribution in [-0.4, -0.2) is 21.7 Å². The summed E-state index contributed by atoms with van der Waals surface area (Å²) in [5, 5.41) is 13.5. The Morgan fingerprint density at radius 2 is 1.92 bits per heavy atom. The van der Waals surface area contributed by atoms with Gasteiger partial charge in [0.1, 0.15) is 11.9 Å². The summed E-state index contributed by atoms with van der Waals surface area (Å²) >= 11 is 0. The summed E-state index contributed by atoms with van der Waals surface area (Å²) in [7, 11) is 0. The van der Waals surface area contributed by atoms with Crippen molar-refractivity contribution < 1.29 is 14.3 Å². The minimum Gasteiger partial charge on any atom is -0.480 e. The molecule has 2 heterocycles. The monoisotopic (exact) mass is 360 g/mol. The first-order chi connectivity index (χ1) is 11.6. The van der Waals surface area contributed by atoms with Gasteiger partial charge in [0, 0.05) is 36.1 Å². The van der Waals surface area contributed by atoms with E-state index in [0.717, 1.165) is 27.7 Å². The lowest BCUT2D eigenvalue weighted by Crippen LogP contribution is -2.42. The summed E-state index contributed by atoms with van der Waals surface area (Å²) in [6.45, 7) is 1.15. The van der Waals surface area contributed by atoms with Gasteiger partial charge in [0.25, 0.3) is 0 Å². The van der Waals surface area contributed by atoms with Crippen molar-refractivity contribution in [3.05, 3.63) is 71.2 Å². The predicted octanol–water partition coefficient (Wildman–Crippen LogP) is 3.35. The Morgan fingerprint density at radius 1 is 1.20 bits per heavy atom. The number of carboxylic acid groups (broad SMARTS) is 1. The van der Waals surface area contributed by atoms with Crippen LogP contribution in [-0.2, 0) is 24.3 Å². The molecule has 6 heteroatoms. The number of carbonyl (C=O) groups is 1. The smallest absolute Gasteiger partial charge is 0.321 e. The van der Waals surface area contributed by atoms with E-state index in [-0.39, 0.29) is 18.2 Å². The Hall–Kier alpha value is -2.37. The Kier molecular flexibility index (Phi) is 4.79. The molecule has 4 nitrogen and oxygen atoms in total. The zero-order chi connectivity index (χ0) is 16.7. The third-order valence-corrected chi connectivity index (χ3v) is 4.67. The van der Waals surface area contributed by atoms with Crippen LogP contribution >= 0.6 is 12.4 Å². The number of hydrogen-bond acceptors (Lipinski definition) is 2. The Morgan fingerprint density at radius 3 is 2.64 bits per heavy atom. The fourth-order valence-electron chi connectivity index (χ4n) is 3.48. The third-order valence-electron chi connectivity index (χ3n) is 4.67. The molecule has 1 atom stereocenters. The predicted molar refractivity (Wildman–Crippen MR) is 96.7 cm³/mol. The lowest BCUT2D eigenvalue weighted by Gasteiger charge is -2.22. The quantitative estimate of drug-likeness (QED) is 0.753. The van der Waals surface area contributed by atoms with Gasteiger partial charge in [0.2, 0.25) is 0 Å². The number of nitrogens with one attached hydrogen (secondary N) is 1. The molecule has 0 spiro atoms. The van der Waals surface area contributed by atoms with Crippen LogP contribution < -0.4 is 5.32 Å². The molecular formula is C19H18ClFN2O2. The summed E-state index contributed by atoms with van der Waals surface area (Å²) in [5.41, 5.74) is 4.30. The molecule has 0 amide bonds. The Bertz CT molecular complexity index is 921. The van der Waals surface area contributed by atoms with Gasteiger partial charge in [0.05, 0.1) is 0 Å². The van der Waals surface area contributed by atoms with Crippen molar-refractivity contribution in [2.75, 3.05) is 0 Å². The summed E-state index contributed by atoms with van der Waals surface area (Å²) in [4.78, 5) is 11.3. The van der Waals surface area contributed by atoms with Crippen LogP contribution in [0.5, 0.6) is 0 Å². The summed E-state index contributed by atoms with van der Waals surface area (Å²) in [6.07, 6.45) is 0.474. The molecule has 0 saturated heterocycles. The van der Waals surface area contributed by atoms with Gasteiger partial charge in [-0.3, -0.25) is 10.1 Å². The van der Waals surface area contributed by atoms with E-state index in [2.05, 4.69) is 9.88 Å². The van der Waals surface area contributed by atoms with Crippen LogP contribution in [0.2, 0.25) is 0 Å². The van der Waals surface area contributed by atoms with E-state index in [9.17, 15) is 14.3 Å². The first kappa shape index (κ1) is 17.5. The molecule has 0 radical (unpaired) electrons. The second kappa shape index (κ2) is 6.86. The maximum absolute atomic E-state index is 13.1. The van der Waals surface area contributed by atoms with Crippen LogP contribution in [0.15, 0.2) is 48.5 Å². The molecule has 0 saturated carbocycles. The van der Waals surface area contributed by atoms with Crippen LogP contribution in [0, 0.1) is 5.82 Å². The summed E-state index contributed by atoms with van der Waals surface area (Å²) in [5.74, 6) is -1.07. The van der Waals surface area contributed by atoms with Crippen LogP contribution in [0.25, 0.3) is 10.9 Å². The number of hydrogen-bond donors (Lipinski definition) is 2. The standard InChI is InChI=1S/C19H17FN2O2.ClH/c20-13-7-5-12(6-8-13)11-22-17-4-2-1-3-14(17)15-9-16(19(23)24)21-10-18(15)22;/h1-8,16,21H,9-11H2,(H,23,24);1H. The van der Waals surface area contributed by atoms with Crippen LogP contribution in [0.1, 0.15) is 16.8 Å². The van der Waals surface area contributed by atoms with Gasteiger partial charge in [0.15, 0.2) is 0 Å². The highest BCUT2D eigenvalue weighted by molar-refractivity contribution is 5.87. The number of aliphatic carboxylic acids is 1. The van der Waals surface area contributed by atoms with Crippen molar-refractivity contribution in [1.82, 2.24) is 9.88 Å². The molecule has 1 unspecified atom stereocenters. The van der Waals surface area contributed by atoms with Gasteiger partial charge in [-0.25, -0.2) is 4.39 Å². The molecule has 1 aromatic heterocycles. The Balaban J connectivity index is 0.00000182. The van der Waals surface area contributed by atoms with E-state index in [0.29, 0.717) is 19.5 Å². The highest BCUT2D eigenvalue weighted by atomic mass is 35.5. The molecule has 2 N–H and O–H groups in total. The first-order valence-electron chi connectivity index (χ1n) is 7.93. The first-order valence-corrected chi connectivity index (χ1v) is 7.93. The molecule has 1 aliphatic rings. The molecule has 0 aliphatic carbocycles. The summed E-state index contributed by atoms with van der Waals surface area (Å²) in [6, 6.07) is 14.0. The van der Waals surface area contributed by atoms with E-state index >= 15 is 0 Å². The zero-order valence-corrected chi connectivity index (χ0v) is 14.2. The number of rotatable bonds is 3. The van der Waals surface area contributed by atoms with E-state index in [1.54, 1.807) is 12.1 Å². The fourth-order valence-corrected chi connectivity index (χ4v) is 3.48. The largest absolute Gasteiger partial charge is 0.480 e. The number of halogens is 2. The van der Waals surface area contributed by atoms with Gasteiger partial charge >= 0.3 is 5.97 Å². The normalized spacial score (nSPS) is 16.3. The van der Waals surface area contributed by atoms with Crippen LogP contribution in [0.4, 0.5) is 4.39 Å². The van der Waals surface area contributed by atoms with E-state index < -0.39 is 12.0 Å². The molecule has 130 valence electrons. The Labute approximate surface area is 150 Å². The molecule has 3 aromatic rings. The van der Waals surface area contributed by atoms with Crippen molar-refractivity contribution in [3.63, 3.8) is 0 Å². The number of benzene rings is 2.